The molecule has 5 nitrogen and oxygen atoms in total. The Bertz CT molecular complexity index is 1010. The highest BCUT2D eigenvalue weighted by atomic mass is 79.9. The van der Waals surface area contributed by atoms with Crippen LogP contribution in [0.2, 0.25) is 0 Å². The fraction of sp³-hybridized carbons (Fsp3) is 0.0588. The molecule has 0 atom stereocenters. The summed E-state index contributed by atoms with van der Waals surface area (Å²) in [5, 5.41) is 9.73. The molecular formula is C17H12BrN5. The Morgan fingerprint density at radius 1 is 1.00 bits per heavy atom. The zero-order valence-electron chi connectivity index (χ0n) is 12.3. The maximum Gasteiger partial charge on any atom is 0.131 e. The largest absolute Gasteiger partial charge is 0.256 e. The first-order valence-electron chi connectivity index (χ1n) is 7.12. The van der Waals surface area contributed by atoms with Gasteiger partial charge in [-0.3, -0.25) is 4.98 Å². The molecule has 112 valence electrons. The highest BCUT2D eigenvalue weighted by Gasteiger charge is 2.14. The molecule has 0 unspecified atom stereocenters. The Hall–Kier alpha value is -2.60. The van der Waals surface area contributed by atoms with Gasteiger partial charge in [-0.25, -0.2) is 9.67 Å². The van der Waals surface area contributed by atoms with Crippen molar-refractivity contribution in [3.8, 4) is 16.9 Å². The molecule has 3 aromatic heterocycles. The van der Waals surface area contributed by atoms with Gasteiger partial charge in [0.15, 0.2) is 0 Å². The first-order valence-corrected chi connectivity index (χ1v) is 7.92. The summed E-state index contributed by atoms with van der Waals surface area (Å²) in [7, 11) is 0. The van der Waals surface area contributed by atoms with Crippen molar-refractivity contribution in [2.45, 2.75) is 6.92 Å². The van der Waals surface area contributed by atoms with E-state index in [2.05, 4.69) is 42.3 Å². The minimum atomic E-state index is 0.736. The van der Waals surface area contributed by atoms with Crippen LogP contribution in [0.25, 0.3) is 27.8 Å². The maximum atomic E-state index is 4.40. The lowest BCUT2D eigenvalue weighted by Gasteiger charge is -2.05. The summed E-state index contributed by atoms with van der Waals surface area (Å²) in [5.41, 5.74) is 4.60. The molecule has 0 saturated carbocycles. The van der Waals surface area contributed by atoms with Gasteiger partial charge in [-0.1, -0.05) is 23.4 Å². The van der Waals surface area contributed by atoms with Crippen molar-refractivity contribution < 1.29 is 0 Å². The zero-order chi connectivity index (χ0) is 15.8. The molecule has 6 heteroatoms. The molecule has 23 heavy (non-hydrogen) atoms. The number of hydrogen-bond donors (Lipinski definition) is 0. The summed E-state index contributed by atoms with van der Waals surface area (Å²) >= 11 is 3.46. The second-order valence-electron chi connectivity index (χ2n) is 5.16. The molecule has 0 amide bonds. The predicted octanol–water partition coefficient (Wildman–Crippen LogP) is 3.95. The lowest BCUT2D eigenvalue weighted by Crippen LogP contribution is -2.01. The molecule has 0 radical (unpaired) electrons. The van der Waals surface area contributed by atoms with Gasteiger partial charge >= 0.3 is 0 Å². The molecule has 0 aliphatic rings. The van der Waals surface area contributed by atoms with Crippen LogP contribution in [0.15, 0.2) is 59.5 Å². The van der Waals surface area contributed by atoms with E-state index in [9.17, 15) is 0 Å². The average Bonchev–Trinajstić information content (AvgIpc) is 2.96. The number of halogens is 1. The highest BCUT2D eigenvalue weighted by Crippen LogP contribution is 2.27. The number of fused-ring (bicyclic) bond motifs is 1. The van der Waals surface area contributed by atoms with Gasteiger partial charge < -0.3 is 0 Å². The van der Waals surface area contributed by atoms with Crippen molar-refractivity contribution in [2.24, 2.45) is 0 Å². The summed E-state index contributed by atoms with van der Waals surface area (Å²) in [6, 6.07) is 13.9. The van der Waals surface area contributed by atoms with Crippen molar-refractivity contribution in [2.75, 3.05) is 0 Å². The number of rotatable bonds is 2. The van der Waals surface area contributed by atoms with E-state index in [1.165, 1.54) is 0 Å². The SMILES string of the molecule is Cc1c(-c2ccc3cccnc3c2)nnn1-c1cccnc1Br. The van der Waals surface area contributed by atoms with E-state index in [4.69, 9.17) is 0 Å². The summed E-state index contributed by atoms with van der Waals surface area (Å²) < 4.78 is 2.52. The van der Waals surface area contributed by atoms with Gasteiger partial charge in [0.25, 0.3) is 0 Å². The lowest BCUT2D eigenvalue weighted by atomic mass is 10.1. The number of pyridine rings is 2. The van der Waals surface area contributed by atoms with Crippen molar-refractivity contribution in [3.63, 3.8) is 0 Å². The van der Waals surface area contributed by atoms with Crippen molar-refractivity contribution in [1.82, 2.24) is 25.0 Å². The Morgan fingerprint density at radius 2 is 1.83 bits per heavy atom. The molecule has 4 rings (SSSR count). The Kier molecular flexibility index (Phi) is 3.38. The number of hydrogen-bond acceptors (Lipinski definition) is 4. The predicted molar refractivity (Wildman–Crippen MR) is 92.3 cm³/mol. The fourth-order valence-corrected chi connectivity index (χ4v) is 2.99. The van der Waals surface area contributed by atoms with E-state index in [1.807, 2.05) is 43.3 Å². The van der Waals surface area contributed by atoms with E-state index in [1.54, 1.807) is 17.1 Å². The van der Waals surface area contributed by atoms with Gasteiger partial charge in [-0.15, -0.1) is 5.10 Å². The number of aromatic nitrogens is 5. The minimum absolute atomic E-state index is 0.736. The van der Waals surface area contributed by atoms with Crippen LogP contribution in [-0.2, 0) is 0 Å². The molecule has 0 fully saturated rings. The summed E-state index contributed by atoms with van der Waals surface area (Å²) in [4.78, 5) is 8.64. The van der Waals surface area contributed by atoms with E-state index < -0.39 is 0 Å². The Morgan fingerprint density at radius 3 is 2.70 bits per heavy atom. The molecule has 0 aliphatic carbocycles. The first-order chi connectivity index (χ1) is 11.2. The van der Waals surface area contributed by atoms with Crippen molar-refractivity contribution in [1.29, 1.82) is 0 Å². The van der Waals surface area contributed by atoms with Crippen LogP contribution >= 0.6 is 15.9 Å². The van der Waals surface area contributed by atoms with Crippen LogP contribution in [0.4, 0.5) is 0 Å². The maximum absolute atomic E-state index is 4.40. The van der Waals surface area contributed by atoms with Crippen molar-refractivity contribution in [3.05, 3.63) is 65.2 Å². The fourth-order valence-electron chi connectivity index (χ4n) is 2.57. The standard InChI is InChI=1S/C17H12BrN5/c1-11-16(13-7-6-12-4-2-8-19-14(12)10-13)21-22-23(11)15-5-3-9-20-17(15)18/h2-10H,1H3. The third-order valence-electron chi connectivity index (χ3n) is 3.74. The second-order valence-corrected chi connectivity index (χ2v) is 5.91. The minimum Gasteiger partial charge on any atom is -0.256 e. The van der Waals surface area contributed by atoms with Crippen LogP contribution in [0.5, 0.6) is 0 Å². The summed E-state index contributed by atoms with van der Waals surface area (Å²) in [6.45, 7) is 2.00. The topological polar surface area (TPSA) is 56.5 Å². The molecule has 1 aromatic carbocycles. The third kappa shape index (κ3) is 2.41. The Labute approximate surface area is 141 Å². The molecular weight excluding hydrogens is 354 g/mol. The van der Waals surface area contributed by atoms with Gasteiger partial charge in [0, 0.05) is 23.3 Å². The average molecular weight is 366 g/mol. The Balaban J connectivity index is 1.85. The number of benzene rings is 1. The van der Waals surface area contributed by atoms with Crippen LogP contribution in [-0.4, -0.2) is 25.0 Å². The summed E-state index contributed by atoms with van der Waals surface area (Å²) in [5.74, 6) is 0. The van der Waals surface area contributed by atoms with Gasteiger partial charge in [0.05, 0.1) is 16.9 Å². The zero-order valence-corrected chi connectivity index (χ0v) is 13.9. The highest BCUT2D eigenvalue weighted by molar-refractivity contribution is 9.10. The quantitative estimate of drug-likeness (QED) is 0.504. The van der Waals surface area contributed by atoms with Crippen LogP contribution < -0.4 is 0 Å². The van der Waals surface area contributed by atoms with E-state index in [0.29, 0.717) is 0 Å². The lowest BCUT2D eigenvalue weighted by molar-refractivity contribution is 0.777. The molecule has 0 bridgehead atoms. The molecule has 0 aliphatic heterocycles. The van der Waals surface area contributed by atoms with E-state index in [0.717, 1.165) is 38.1 Å². The third-order valence-corrected chi connectivity index (χ3v) is 4.35. The molecule has 3 heterocycles. The second kappa shape index (κ2) is 5.55. The normalized spacial score (nSPS) is 11.0. The van der Waals surface area contributed by atoms with Crippen LogP contribution in [0.3, 0.4) is 0 Å². The monoisotopic (exact) mass is 365 g/mol. The summed E-state index contributed by atoms with van der Waals surface area (Å²) in [6.07, 6.45) is 3.53. The first kappa shape index (κ1) is 14.0. The van der Waals surface area contributed by atoms with Gasteiger partial charge in [0.1, 0.15) is 10.3 Å². The molecule has 0 saturated heterocycles. The van der Waals surface area contributed by atoms with E-state index >= 15 is 0 Å². The van der Waals surface area contributed by atoms with Crippen LogP contribution in [0, 0.1) is 6.92 Å². The van der Waals surface area contributed by atoms with Gasteiger partial charge in [0.2, 0.25) is 0 Å². The van der Waals surface area contributed by atoms with Crippen LogP contribution in [0.1, 0.15) is 5.69 Å². The number of nitrogens with zero attached hydrogens (tertiary/aromatic N) is 5. The van der Waals surface area contributed by atoms with Gasteiger partial charge in [-0.2, -0.15) is 0 Å². The molecule has 0 N–H and O–H groups in total. The van der Waals surface area contributed by atoms with E-state index in [-0.39, 0.29) is 0 Å². The van der Waals surface area contributed by atoms with Crippen molar-refractivity contribution >= 4 is 26.8 Å². The molecule has 4 aromatic rings. The van der Waals surface area contributed by atoms with Gasteiger partial charge in [-0.05, 0) is 47.1 Å². The smallest absolute Gasteiger partial charge is 0.131 e. The molecule has 0 spiro atoms.